The first kappa shape index (κ1) is 23.0. The number of carbonyl (C=O) groups is 1. The molecule has 0 bridgehead atoms. The molecule has 6 heteroatoms. The Kier molecular flexibility index (Phi) is 6.54. The fraction of sp³-hybridized carbons (Fsp3) is 0.444. The highest BCUT2D eigenvalue weighted by Crippen LogP contribution is 2.28. The van der Waals surface area contributed by atoms with Gasteiger partial charge >= 0.3 is 0 Å². The number of carbonyl (C=O) groups excluding carboxylic acids is 1. The molecule has 1 aliphatic rings. The molecule has 1 fully saturated rings. The quantitative estimate of drug-likeness (QED) is 0.525. The van der Waals surface area contributed by atoms with Crippen LogP contribution >= 0.6 is 0 Å². The molecule has 4 rings (SSSR count). The maximum Gasteiger partial charge on any atom is 0.246 e. The van der Waals surface area contributed by atoms with Crippen LogP contribution in [0.3, 0.4) is 0 Å². The van der Waals surface area contributed by atoms with E-state index in [1.165, 1.54) is 16.8 Å². The Morgan fingerprint density at radius 1 is 1.06 bits per heavy atom. The van der Waals surface area contributed by atoms with Gasteiger partial charge in [-0.1, -0.05) is 52.7 Å². The van der Waals surface area contributed by atoms with Gasteiger partial charge in [-0.15, -0.1) is 0 Å². The summed E-state index contributed by atoms with van der Waals surface area (Å²) in [6.45, 7) is 12.3. The minimum atomic E-state index is -0.359. The first-order valence-corrected chi connectivity index (χ1v) is 11.7. The van der Waals surface area contributed by atoms with Gasteiger partial charge in [-0.2, -0.15) is 4.98 Å². The van der Waals surface area contributed by atoms with E-state index in [4.69, 9.17) is 4.52 Å². The molecule has 2 aromatic carbocycles. The highest BCUT2D eigenvalue weighted by atomic mass is 16.5. The molecule has 0 unspecified atom stereocenters. The third-order valence-corrected chi connectivity index (χ3v) is 6.32. The Morgan fingerprint density at radius 3 is 2.33 bits per heavy atom. The SMILES string of the molecule is Cc1ccc(-c2noc(CN(C(=O)[C@H]3CCCN(c4ccc(C)cc4)C3)C(C)(C)C)n2)cc1. The number of anilines is 1. The topological polar surface area (TPSA) is 62.5 Å². The van der Waals surface area contributed by atoms with E-state index in [1.807, 2.05) is 36.1 Å². The van der Waals surface area contributed by atoms with E-state index in [-0.39, 0.29) is 17.4 Å². The second-order valence-corrected chi connectivity index (χ2v) is 10.1. The Labute approximate surface area is 196 Å². The Hall–Kier alpha value is -3.15. The molecule has 174 valence electrons. The number of rotatable bonds is 5. The molecule has 1 saturated heterocycles. The maximum absolute atomic E-state index is 13.7. The van der Waals surface area contributed by atoms with Crippen molar-refractivity contribution in [2.45, 2.75) is 59.5 Å². The van der Waals surface area contributed by atoms with E-state index >= 15 is 0 Å². The summed E-state index contributed by atoms with van der Waals surface area (Å²) in [5.74, 6) is 1.10. The summed E-state index contributed by atoms with van der Waals surface area (Å²) < 4.78 is 5.55. The molecule has 0 saturated carbocycles. The Balaban J connectivity index is 1.50. The van der Waals surface area contributed by atoms with Gasteiger partial charge in [0.15, 0.2) is 0 Å². The molecular weight excluding hydrogens is 412 g/mol. The number of hydrogen-bond acceptors (Lipinski definition) is 5. The van der Waals surface area contributed by atoms with Crippen LogP contribution in [0, 0.1) is 19.8 Å². The Bertz CT molecular complexity index is 1080. The van der Waals surface area contributed by atoms with Crippen LogP contribution in [-0.4, -0.2) is 39.6 Å². The fourth-order valence-electron chi connectivity index (χ4n) is 4.31. The largest absolute Gasteiger partial charge is 0.371 e. The van der Waals surface area contributed by atoms with Crippen LogP contribution in [0.1, 0.15) is 50.6 Å². The van der Waals surface area contributed by atoms with Crippen molar-refractivity contribution >= 4 is 11.6 Å². The number of amides is 1. The molecule has 0 N–H and O–H groups in total. The summed E-state index contributed by atoms with van der Waals surface area (Å²) in [5.41, 5.74) is 4.15. The normalized spacial score (nSPS) is 16.6. The minimum absolute atomic E-state index is 0.0567. The molecule has 1 aliphatic heterocycles. The van der Waals surface area contributed by atoms with Crippen LogP contribution in [0.5, 0.6) is 0 Å². The lowest BCUT2D eigenvalue weighted by Gasteiger charge is -2.40. The Morgan fingerprint density at radius 2 is 1.70 bits per heavy atom. The van der Waals surface area contributed by atoms with Gasteiger partial charge in [-0.3, -0.25) is 4.79 Å². The highest BCUT2D eigenvalue weighted by molar-refractivity contribution is 5.80. The summed E-state index contributed by atoms with van der Waals surface area (Å²) in [6.07, 6.45) is 1.90. The predicted octanol–water partition coefficient (Wildman–Crippen LogP) is 5.40. The van der Waals surface area contributed by atoms with Crippen LogP contribution in [0.15, 0.2) is 53.1 Å². The number of benzene rings is 2. The lowest BCUT2D eigenvalue weighted by molar-refractivity contribution is -0.142. The molecule has 2 heterocycles. The van der Waals surface area contributed by atoms with E-state index in [9.17, 15) is 4.79 Å². The van der Waals surface area contributed by atoms with Gasteiger partial charge in [0.25, 0.3) is 0 Å². The number of nitrogens with zero attached hydrogens (tertiary/aromatic N) is 4. The average Bonchev–Trinajstić information content (AvgIpc) is 3.26. The van der Waals surface area contributed by atoms with Gasteiger partial charge in [0.05, 0.1) is 5.92 Å². The highest BCUT2D eigenvalue weighted by Gasteiger charge is 2.35. The fourth-order valence-corrected chi connectivity index (χ4v) is 4.31. The first-order chi connectivity index (χ1) is 15.7. The van der Waals surface area contributed by atoms with Crippen LogP contribution in [0.25, 0.3) is 11.4 Å². The third-order valence-electron chi connectivity index (χ3n) is 6.32. The molecule has 6 nitrogen and oxygen atoms in total. The summed E-state index contributed by atoms with van der Waals surface area (Å²) in [6, 6.07) is 16.6. The van der Waals surface area contributed by atoms with Gasteiger partial charge in [-0.25, -0.2) is 0 Å². The molecule has 1 atom stereocenters. The second kappa shape index (κ2) is 9.38. The van der Waals surface area contributed by atoms with Crippen LogP contribution in [0.4, 0.5) is 5.69 Å². The standard InChI is InChI=1S/C27H34N4O2/c1-19-8-12-21(13-9-19)25-28-24(33-29-25)18-31(27(3,4)5)26(32)22-7-6-16-30(17-22)23-14-10-20(2)11-15-23/h8-15,22H,6-7,16-18H2,1-5H3/t22-/m0/s1. The lowest BCUT2D eigenvalue weighted by Crippen LogP contribution is -2.51. The third kappa shape index (κ3) is 5.44. The van der Waals surface area contributed by atoms with Crippen molar-refractivity contribution in [3.05, 3.63) is 65.5 Å². The molecule has 1 amide bonds. The molecule has 3 aromatic rings. The molecular formula is C27H34N4O2. The van der Waals surface area contributed by atoms with Gasteiger partial charge < -0.3 is 14.3 Å². The van der Waals surface area contributed by atoms with Gasteiger partial charge in [0.1, 0.15) is 6.54 Å². The predicted molar refractivity (Wildman–Crippen MR) is 131 cm³/mol. The molecule has 0 radical (unpaired) electrons. The number of hydrogen-bond donors (Lipinski definition) is 0. The summed E-state index contributed by atoms with van der Waals surface area (Å²) in [7, 11) is 0. The van der Waals surface area contributed by atoms with Crippen molar-refractivity contribution in [2.75, 3.05) is 18.0 Å². The monoisotopic (exact) mass is 446 g/mol. The molecule has 0 spiro atoms. The smallest absolute Gasteiger partial charge is 0.246 e. The zero-order chi connectivity index (χ0) is 23.6. The van der Waals surface area contributed by atoms with E-state index in [0.717, 1.165) is 31.5 Å². The van der Waals surface area contributed by atoms with E-state index in [2.05, 4.69) is 67.0 Å². The second-order valence-electron chi connectivity index (χ2n) is 10.1. The summed E-state index contributed by atoms with van der Waals surface area (Å²) in [5, 5.41) is 4.15. The summed E-state index contributed by atoms with van der Waals surface area (Å²) in [4.78, 5) is 22.5. The number of aromatic nitrogens is 2. The van der Waals surface area contributed by atoms with Crippen molar-refractivity contribution in [3.63, 3.8) is 0 Å². The average molecular weight is 447 g/mol. The zero-order valence-corrected chi connectivity index (χ0v) is 20.3. The summed E-state index contributed by atoms with van der Waals surface area (Å²) >= 11 is 0. The van der Waals surface area contributed by atoms with E-state index in [1.54, 1.807) is 0 Å². The van der Waals surface area contributed by atoms with Crippen molar-refractivity contribution < 1.29 is 9.32 Å². The van der Waals surface area contributed by atoms with E-state index in [0.29, 0.717) is 18.3 Å². The van der Waals surface area contributed by atoms with Crippen LogP contribution in [-0.2, 0) is 11.3 Å². The van der Waals surface area contributed by atoms with Gasteiger partial charge in [0, 0.05) is 29.9 Å². The first-order valence-electron chi connectivity index (χ1n) is 11.7. The maximum atomic E-state index is 13.7. The van der Waals surface area contributed by atoms with Gasteiger partial charge in [0.2, 0.25) is 17.6 Å². The van der Waals surface area contributed by atoms with Crippen molar-refractivity contribution in [3.8, 4) is 11.4 Å². The number of piperidine rings is 1. The van der Waals surface area contributed by atoms with Crippen molar-refractivity contribution in [1.82, 2.24) is 15.0 Å². The minimum Gasteiger partial charge on any atom is -0.371 e. The van der Waals surface area contributed by atoms with E-state index < -0.39 is 0 Å². The van der Waals surface area contributed by atoms with Crippen molar-refractivity contribution in [1.29, 1.82) is 0 Å². The lowest BCUT2D eigenvalue weighted by atomic mass is 9.93. The number of aryl methyl sites for hydroxylation is 2. The van der Waals surface area contributed by atoms with Crippen molar-refractivity contribution in [2.24, 2.45) is 5.92 Å². The van der Waals surface area contributed by atoms with Crippen LogP contribution < -0.4 is 4.90 Å². The molecule has 0 aliphatic carbocycles. The zero-order valence-electron chi connectivity index (χ0n) is 20.3. The van der Waals surface area contributed by atoms with Gasteiger partial charge in [-0.05, 0) is 59.6 Å². The molecule has 1 aromatic heterocycles. The molecule has 33 heavy (non-hydrogen) atoms. The van der Waals surface area contributed by atoms with Crippen LogP contribution in [0.2, 0.25) is 0 Å².